The van der Waals surface area contributed by atoms with Crippen LogP contribution in [0.3, 0.4) is 0 Å². The first kappa shape index (κ1) is 15.0. The van der Waals surface area contributed by atoms with Gasteiger partial charge in [-0.15, -0.1) is 0 Å². The van der Waals surface area contributed by atoms with Crippen LogP contribution >= 0.6 is 0 Å². The molecule has 1 atom stereocenters. The highest BCUT2D eigenvalue weighted by Gasteiger charge is 2.50. The first-order valence-corrected chi connectivity index (χ1v) is 11.2. The summed E-state index contributed by atoms with van der Waals surface area (Å²) in [6.45, 7) is 11.8. The normalized spacial score (nSPS) is 25.3. The molecule has 0 amide bonds. The van der Waals surface area contributed by atoms with Crippen molar-refractivity contribution in [1.29, 1.82) is 0 Å². The van der Waals surface area contributed by atoms with Crippen molar-refractivity contribution in [2.24, 2.45) is 0 Å². The molecule has 1 aromatic rings. The van der Waals surface area contributed by atoms with Gasteiger partial charge in [-0.25, -0.2) is 0 Å². The molecule has 0 aromatic heterocycles. The second-order valence-corrected chi connectivity index (χ2v) is 12.9. The molecule has 2 heteroatoms. The van der Waals surface area contributed by atoms with E-state index < -0.39 is 8.32 Å². The Morgan fingerprint density at radius 1 is 1.14 bits per heavy atom. The molecule has 1 nitrogen and oxygen atoms in total. The Morgan fingerprint density at radius 2 is 1.86 bits per heavy atom. The fourth-order valence-corrected chi connectivity index (χ4v) is 5.09. The summed E-state index contributed by atoms with van der Waals surface area (Å²) in [6, 6.07) is 8.89. The van der Waals surface area contributed by atoms with Crippen molar-refractivity contribution < 1.29 is 4.43 Å². The standard InChI is InChI=1S/C19H28OSi/c1-18(2,3)21(4,5)20-19-13-9-8-12-17(19)16-11-7-6-10-15(16)14-19/h6-7,10-12H,8-9,13-14H2,1-5H3. The van der Waals surface area contributed by atoms with E-state index >= 15 is 0 Å². The van der Waals surface area contributed by atoms with Crippen LogP contribution in [0.1, 0.15) is 51.2 Å². The molecule has 1 unspecified atom stereocenters. The monoisotopic (exact) mass is 300 g/mol. The molecule has 0 saturated carbocycles. The molecular weight excluding hydrogens is 272 g/mol. The topological polar surface area (TPSA) is 9.23 Å². The van der Waals surface area contributed by atoms with Crippen molar-refractivity contribution in [1.82, 2.24) is 0 Å². The fourth-order valence-electron chi connectivity index (χ4n) is 3.52. The predicted molar refractivity (Wildman–Crippen MR) is 93.0 cm³/mol. The van der Waals surface area contributed by atoms with E-state index in [-0.39, 0.29) is 10.6 Å². The number of allylic oxidation sites excluding steroid dienone is 1. The lowest BCUT2D eigenvalue weighted by molar-refractivity contribution is 0.103. The minimum absolute atomic E-state index is 0.0368. The molecule has 0 saturated heterocycles. The van der Waals surface area contributed by atoms with Crippen molar-refractivity contribution >= 4 is 13.9 Å². The van der Waals surface area contributed by atoms with Crippen LogP contribution in [-0.2, 0) is 10.8 Å². The Labute approximate surface area is 130 Å². The smallest absolute Gasteiger partial charge is 0.193 e. The Hall–Kier alpha value is -0.863. The van der Waals surface area contributed by atoms with E-state index in [1.807, 2.05) is 0 Å². The zero-order valence-electron chi connectivity index (χ0n) is 14.1. The Kier molecular flexibility index (Phi) is 3.45. The quantitative estimate of drug-likeness (QED) is 0.649. The highest BCUT2D eigenvalue weighted by Crippen LogP contribution is 2.52. The van der Waals surface area contributed by atoms with Gasteiger partial charge < -0.3 is 4.43 Å². The van der Waals surface area contributed by atoms with Gasteiger partial charge in [0.2, 0.25) is 0 Å². The van der Waals surface area contributed by atoms with E-state index in [0.29, 0.717) is 0 Å². The Bertz CT molecular complexity index is 579. The summed E-state index contributed by atoms with van der Waals surface area (Å²) in [5, 5.41) is 0.263. The van der Waals surface area contributed by atoms with Crippen LogP contribution in [0.15, 0.2) is 30.3 Å². The molecule has 0 fully saturated rings. The molecule has 0 aliphatic heterocycles. The lowest BCUT2D eigenvalue weighted by Crippen LogP contribution is -2.50. The van der Waals surface area contributed by atoms with E-state index in [1.165, 1.54) is 36.0 Å². The van der Waals surface area contributed by atoms with Crippen LogP contribution in [-0.4, -0.2) is 13.9 Å². The van der Waals surface area contributed by atoms with Gasteiger partial charge in [-0.1, -0.05) is 51.1 Å². The van der Waals surface area contributed by atoms with Crippen LogP contribution in [0.2, 0.25) is 18.1 Å². The van der Waals surface area contributed by atoms with Crippen molar-refractivity contribution in [3.05, 3.63) is 41.5 Å². The number of fused-ring (bicyclic) bond motifs is 3. The number of hydrogen-bond acceptors (Lipinski definition) is 1. The molecule has 0 radical (unpaired) electrons. The molecule has 114 valence electrons. The van der Waals surface area contributed by atoms with Gasteiger partial charge in [0, 0.05) is 6.42 Å². The number of rotatable bonds is 2. The van der Waals surface area contributed by atoms with Crippen LogP contribution in [0.4, 0.5) is 0 Å². The van der Waals surface area contributed by atoms with Gasteiger partial charge in [-0.3, -0.25) is 0 Å². The van der Waals surface area contributed by atoms with E-state index in [4.69, 9.17) is 4.43 Å². The van der Waals surface area contributed by atoms with E-state index in [2.05, 4.69) is 64.2 Å². The minimum Gasteiger partial charge on any atom is -0.407 e. The van der Waals surface area contributed by atoms with Gasteiger partial charge in [-0.05, 0) is 54.1 Å². The highest BCUT2D eigenvalue weighted by molar-refractivity contribution is 6.74. The van der Waals surface area contributed by atoms with Crippen LogP contribution in [0.25, 0.3) is 5.57 Å². The third-order valence-corrected chi connectivity index (χ3v) is 10.2. The molecule has 0 N–H and O–H groups in total. The minimum atomic E-state index is -1.77. The number of hydrogen-bond donors (Lipinski definition) is 0. The molecule has 2 aliphatic carbocycles. The first-order valence-electron chi connectivity index (χ1n) is 8.24. The van der Waals surface area contributed by atoms with Crippen molar-refractivity contribution in [2.75, 3.05) is 0 Å². The van der Waals surface area contributed by atoms with Gasteiger partial charge >= 0.3 is 0 Å². The third-order valence-electron chi connectivity index (χ3n) is 5.66. The van der Waals surface area contributed by atoms with E-state index in [9.17, 15) is 0 Å². The van der Waals surface area contributed by atoms with Crippen molar-refractivity contribution in [3.8, 4) is 0 Å². The summed E-state index contributed by atoms with van der Waals surface area (Å²) in [4.78, 5) is 0. The number of benzene rings is 1. The summed E-state index contributed by atoms with van der Waals surface area (Å²) in [6.07, 6.45) is 7.16. The van der Waals surface area contributed by atoms with Gasteiger partial charge in [0.1, 0.15) is 0 Å². The molecule has 1 aromatic carbocycles. The van der Waals surface area contributed by atoms with Gasteiger partial charge in [-0.2, -0.15) is 0 Å². The zero-order chi connectivity index (χ0) is 15.3. The molecule has 0 heterocycles. The molecule has 21 heavy (non-hydrogen) atoms. The molecule has 0 spiro atoms. The van der Waals surface area contributed by atoms with Gasteiger partial charge in [0.05, 0.1) is 5.60 Å². The summed E-state index contributed by atoms with van der Waals surface area (Å²) >= 11 is 0. The SMILES string of the molecule is CC(C)(C)[Si](C)(C)OC12CCCC=C1c1ccccc1C2. The second-order valence-electron chi connectivity index (χ2n) is 8.20. The maximum absolute atomic E-state index is 7.01. The molecule has 3 rings (SSSR count). The lowest BCUT2D eigenvalue weighted by Gasteiger charge is -2.46. The summed E-state index contributed by atoms with van der Waals surface area (Å²) in [5.41, 5.74) is 4.36. The van der Waals surface area contributed by atoms with Crippen LogP contribution < -0.4 is 0 Å². The molecule has 0 bridgehead atoms. The van der Waals surface area contributed by atoms with Crippen LogP contribution in [0.5, 0.6) is 0 Å². The average molecular weight is 301 g/mol. The average Bonchev–Trinajstić information content (AvgIpc) is 2.70. The second kappa shape index (κ2) is 4.82. The highest BCUT2D eigenvalue weighted by atomic mass is 28.4. The summed E-state index contributed by atoms with van der Waals surface area (Å²) in [5.74, 6) is 0. The molecule has 2 aliphatic rings. The zero-order valence-corrected chi connectivity index (χ0v) is 15.1. The van der Waals surface area contributed by atoms with Gasteiger partial charge in [0.25, 0.3) is 0 Å². The van der Waals surface area contributed by atoms with Gasteiger partial charge in [0.15, 0.2) is 8.32 Å². The maximum atomic E-state index is 7.01. The van der Waals surface area contributed by atoms with Crippen LogP contribution in [0, 0.1) is 0 Å². The Balaban J connectivity index is 2.01. The molecular formula is C19H28OSi. The summed E-state index contributed by atoms with van der Waals surface area (Å²) < 4.78 is 7.01. The predicted octanol–water partition coefficient (Wildman–Crippen LogP) is 5.57. The van der Waals surface area contributed by atoms with Crippen molar-refractivity contribution in [2.45, 2.75) is 70.2 Å². The maximum Gasteiger partial charge on any atom is 0.193 e. The van der Waals surface area contributed by atoms with Crippen molar-refractivity contribution in [3.63, 3.8) is 0 Å². The van der Waals surface area contributed by atoms with E-state index in [1.54, 1.807) is 0 Å². The van der Waals surface area contributed by atoms with E-state index in [0.717, 1.165) is 6.42 Å². The lowest BCUT2D eigenvalue weighted by atomic mass is 9.84. The fraction of sp³-hybridized carbons (Fsp3) is 0.579. The first-order chi connectivity index (χ1) is 9.75. The summed E-state index contributed by atoms with van der Waals surface area (Å²) in [7, 11) is -1.77. The largest absolute Gasteiger partial charge is 0.407 e. The third kappa shape index (κ3) is 2.43. The Morgan fingerprint density at radius 3 is 2.57 bits per heavy atom.